The zero-order valence-electron chi connectivity index (χ0n) is 32.2. The molecular weight excluding hydrogens is 834 g/mol. The molecule has 0 amide bonds. The van der Waals surface area contributed by atoms with Gasteiger partial charge < -0.3 is 19.2 Å². The number of para-hydroxylation sites is 1. The first kappa shape index (κ1) is 34.6. The smallest absolute Gasteiger partial charge is 0.142 e. The fourth-order valence-electron chi connectivity index (χ4n) is 10.7. The molecule has 1 fully saturated rings. The Kier molecular flexibility index (Phi) is 7.80. The molecule has 1 atom stereocenters. The molecule has 0 unspecified atom stereocenters. The van der Waals surface area contributed by atoms with Crippen molar-refractivity contribution >= 4 is 73.4 Å². The molecule has 1 saturated heterocycles. The highest BCUT2D eigenvalue weighted by atomic mass is 127. The maximum Gasteiger partial charge on any atom is 0.142 e. The fourth-order valence-corrected chi connectivity index (χ4v) is 11.2. The predicted octanol–water partition coefficient (Wildman–Crippen LogP) is 13.4. The number of aromatic nitrogens is 1. The lowest BCUT2D eigenvalue weighted by Gasteiger charge is -2.32. The number of hydrogen-bond acceptors (Lipinski definition) is 3. The summed E-state index contributed by atoms with van der Waals surface area (Å²) in [7, 11) is 0. The van der Waals surface area contributed by atoms with Crippen LogP contribution >= 0.6 is 22.6 Å². The van der Waals surface area contributed by atoms with Crippen molar-refractivity contribution in [3.05, 3.63) is 208 Å². The average Bonchev–Trinajstić information content (AvgIpc) is 4.05. The zero-order chi connectivity index (χ0) is 39.2. The van der Waals surface area contributed by atoms with Crippen LogP contribution in [0.25, 0.3) is 49.7 Å². The monoisotopic (exact) mass is 871 g/mol. The Morgan fingerprint density at radius 2 is 1.07 bits per heavy atom. The Hall–Kier alpha value is -6.44. The Bertz CT molecular complexity index is 3090. The highest BCUT2D eigenvalue weighted by Crippen LogP contribution is 2.63. The summed E-state index contributed by atoms with van der Waals surface area (Å²) in [5, 5.41) is 2.42. The third-order valence-electron chi connectivity index (χ3n) is 13.1. The molecule has 1 aromatic heterocycles. The van der Waals surface area contributed by atoms with E-state index in [0.29, 0.717) is 0 Å². The number of benzene rings is 8. The van der Waals surface area contributed by atoms with Crippen molar-refractivity contribution in [2.24, 2.45) is 0 Å². The van der Waals surface area contributed by atoms with Crippen LogP contribution in [0, 0.1) is 3.57 Å². The van der Waals surface area contributed by atoms with Gasteiger partial charge in [0.2, 0.25) is 0 Å². The van der Waals surface area contributed by atoms with Gasteiger partial charge in [0, 0.05) is 49.3 Å². The van der Waals surface area contributed by atoms with Crippen LogP contribution < -0.4 is 9.80 Å². The molecule has 0 saturated carbocycles. The van der Waals surface area contributed by atoms with E-state index in [1.54, 1.807) is 0 Å². The normalized spacial score (nSPS) is 15.7. The summed E-state index contributed by atoms with van der Waals surface area (Å²) >= 11 is 2.41. The molecule has 59 heavy (non-hydrogen) atoms. The molecule has 1 aliphatic heterocycles. The largest absolute Gasteiger partial charge is 0.362 e. The Morgan fingerprint density at radius 1 is 0.525 bits per heavy atom. The van der Waals surface area contributed by atoms with Crippen LogP contribution in [0.1, 0.15) is 35.1 Å². The second kappa shape index (κ2) is 13.3. The standard InChI is InChI=1S/C54H38IN3O/c55-35-20-28-52-46(31-35)47-32-39(56-30-10-13-41(56)34-59)26-29-53(47)58(52)38-23-21-37(22-24-38)57(36-11-2-1-3-12-36)40-25-27-45-44-16-6-9-19-50(44)54(51(45)33-40)48-17-7-4-14-42(48)43-15-5-8-18-49(43)54/h1-9,11-12,14-29,31-34,41H,10,13,30H2/t41-/m0/s1. The van der Waals surface area contributed by atoms with E-state index in [2.05, 4.69) is 219 Å². The lowest BCUT2D eigenvalue weighted by Crippen LogP contribution is -2.30. The quantitative estimate of drug-likeness (QED) is 0.123. The Morgan fingerprint density at radius 3 is 1.73 bits per heavy atom. The molecule has 9 aromatic rings. The van der Waals surface area contributed by atoms with E-state index in [-0.39, 0.29) is 6.04 Å². The maximum absolute atomic E-state index is 12.0. The van der Waals surface area contributed by atoms with E-state index in [4.69, 9.17) is 0 Å². The number of nitrogens with zero attached hydrogens (tertiary/aromatic N) is 3. The third kappa shape index (κ3) is 4.97. The number of rotatable bonds is 6. The minimum absolute atomic E-state index is 0.0580. The second-order valence-electron chi connectivity index (χ2n) is 16.0. The lowest BCUT2D eigenvalue weighted by atomic mass is 9.70. The maximum atomic E-state index is 12.0. The number of fused-ring (bicyclic) bond motifs is 13. The van der Waals surface area contributed by atoms with Crippen LogP contribution in [-0.4, -0.2) is 23.4 Å². The molecular formula is C54H38IN3O. The van der Waals surface area contributed by atoms with Crippen LogP contribution in [0.3, 0.4) is 0 Å². The first-order chi connectivity index (χ1) is 29.1. The number of hydrogen-bond donors (Lipinski definition) is 0. The van der Waals surface area contributed by atoms with E-state index in [1.165, 1.54) is 64.4 Å². The van der Waals surface area contributed by atoms with Gasteiger partial charge in [0.05, 0.1) is 22.5 Å². The van der Waals surface area contributed by atoms with Crippen molar-refractivity contribution in [3.63, 3.8) is 0 Å². The van der Waals surface area contributed by atoms with E-state index in [0.717, 1.165) is 59.6 Å². The Labute approximate surface area is 357 Å². The number of carbonyl (C=O) groups is 1. The molecule has 4 nitrogen and oxygen atoms in total. The lowest BCUT2D eigenvalue weighted by molar-refractivity contribution is -0.108. The highest BCUT2D eigenvalue weighted by molar-refractivity contribution is 14.1. The minimum Gasteiger partial charge on any atom is -0.362 e. The SMILES string of the molecule is O=C[C@@H]1CCCN1c1ccc2c(c1)c1cc(I)ccc1n2-c1ccc(N(c2ccccc2)c2ccc3c(c2)C2(c4ccccc4-c4ccccc42)c2ccccc2-3)cc1. The van der Waals surface area contributed by atoms with Gasteiger partial charge in [-0.3, -0.25) is 0 Å². The van der Waals surface area contributed by atoms with Crippen LogP contribution in [0.2, 0.25) is 0 Å². The predicted molar refractivity (Wildman–Crippen MR) is 251 cm³/mol. The summed E-state index contributed by atoms with van der Waals surface area (Å²) < 4.78 is 3.58. The molecule has 0 radical (unpaired) electrons. The van der Waals surface area contributed by atoms with E-state index >= 15 is 0 Å². The van der Waals surface area contributed by atoms with Gasteiger partial charge in [-0.2, -0.15) is 0 Å². The van der Waals surface area contributed by atoms with Crippen LogP contribution in [-0.2, 0) is 10.2 Å². The van der Waals surface area contributed by atoms with Crippen molar-refractivity contribution in [2.45, 2.75) is 24.3 Å². The van der Waals surface area contributed by atoms with Crippen molar-refractivity contribution in [2.75, 3.05) is 16.3 Å². The number of halogens is 1. The summed E-state index contributed by atoms with van der Waals surface area (Å²) in [4.78, 5) is 16.6. The van der Waals surface area contributed by atoms with Crippen molar-refractivity contribution < 1.29 is 4.79 Å². The third-order valence-corrected chi connectivity index (χ3v) is 13.8. The van der Waals surface area contributed by atoms with Gasteiger partial charge in [0.1, 0.15) is 6.29 Å². The molecule has 0 N–H and O–H groups in total. The molecule has 0 bridgehead atoms. The van der Waals surface area contributed by atoms with Crippen LogP contribution in [0.4, 0.5) is 22.7 Å². The van der Waals surface area contributed by atoms with Gasteiger partial charge in [0.25, 0.3) is 0 Å². The highest BCUT2D eigenvalue weighted by Gasteiger charge is 2.51. The number of aldehydes is 1. The fraction of sp³-hybridized carbons (Fsp3) is 0.0926. The van der Waals surface area contributed by atoms with Gasteiger partial charge in [-0.25, -0.2) is 0 Å². The summed E-state index contributed by atoms with van der Waals surface area (Å²) in [5.41, 5.74) is 18.0. The summed E-state index contributed by atoms with van der Waals surface area (Å²) in [6.45, 7) is 0.906. The average molecular weight is 872 g/mol. The van der Waals surface area contributed by atoms with E-state index in [9.17, 15) is 4.79 Å². The second-order valence-corrected chi connectivity index (χ2v) is 17.3. The van der Waals surface area contributed by atoms with Crippen molar-refractivity contribution in [3.8, 4) is 27.9 Å². The zero-order valence-corrected chi connectivity index (χ0v) is 34.4. The molecule has 5 heteroatoms. The molecule has 8 aromatic carbocycles. The topological polar surface area (TPSA) is 28.5 Å². The number of anilines is 4. The van der Waals surface area contributed by atoms with Crippen LogP contribution in [0.15, 0.2) is 182 Å². The molecule has 3 aliphatic rings. The van der Waals surface area contributed by atoms with E-state index in [1.807, 2.05) is 0 Å². The van der Waals surface area contributed by atoms with Gasteiger partial charge >= 0.3 is 0 Å². The molecule has 282 valence electrons. The minimum atomic E-state index is -0.418. The molecule has 12 rings (SSSR count). The number of carbonyl (C=O) groups excluding carboxylic acids is 1. The summed E-state index contributed by atoms with van der Waals surface area (Å²) in [5.74, 6) is 0. The Balaban J connectivity index is 1.02. The first-order valence-corrected chi connectivity index (χ1v) is 21.6. The molecule has 2 heterocycles. The summed E-state index contributed by atoms with van der Waals surface area (Å²) in [6.07, 6.45) is 3.06. The van der Waals surface area contributed by atoms with Gasteiger partial charge in [-0.15, -0.1) is 0 Å². The molecule has 1 spiro atoms. The first-order valence-electron chi connectivity index (χ1n) is 20.5. The van der Waals surface area contributed by atoms with Crippen molar-refractivity contribution in [1.82, 2.24) is 4.57 Å². The van der Waals surface area contributed by atoms with Crippen molar-refractivity contribution in [1.29, 1.82) is 0 Å². The van der Waals surface area contributed by atoms with Gasteiger partial charge in [-0.05, 0) is 165 Å². The van der Waals surface area contributed by atoms with Gasteiger partial charge in [-0.1, -0.05) is 97.1 Å². The van der Waals surface area contributed by atoms with Gasteiger partial charge in [0.15, 0.2) is 0 Å². The summed E-state index contributed by atoms with van der Waals surface area (Å²) in [6, 6.07) is 67.2. The van der Waals surface area contributed by atoms with Crippen LogP contribution in [0.5, 0.6) is 0 Å². The van der Waals surface area contributed by atoms with E-state index < -0.39 is 5.41 Å². The molecule has 2 aliphatic carbocycles.